The van der Waals surface area contributed by atoms with Crippen LogP contribution < -0.4 is 9.47 Å². The quantitative estimate of drug-likeness (QED) is 0.788. The molecule has 0 aliphatic carbocycles. The van der Waals surface area contributed by atoms with Gasteiger partial charge in [-0.3, -0.25) is 9.97 Å². The first kappa shape index (κ1) is 12.9. The molecule has 1 N–H and O–H groups in total. The molecule has 0 radical (unpaired) electrons. The van der Waals surface area contributed by atoms with Crippen LogP contribution in [0.5, 0.6) is 28.7 Å². The van der Waals surface area contributed by atoms with Crippen LogP contribution in [-0.4, -0.2) is 15.1 Å². The van der Waals surface area contributed by atoms with E-state index in [-0.39, 0.29) is 5.75 Å². The van der Waals surface area contributed by atoms with Crippen LogP contribution >= 0.6 is 0 Å². The highest BCUT2D eigenvalue weighted by Gasteiger charge is 2.06. The summed E-state index contributed by atoms with van der Waals surface area (Å²) in [5.41, 5.74) is 0. The number of phenols is 1. The maximum Gasteiger partial charge on any atom is 0.169 e. The van der Waals surface area contributed by atoms with Gasteiger partial charge in [0.1, 0.15) is 17.2 Å². The van der Waals surface area contributed by atoms with Gasteiger partial charge in [-0.2, -0.15) is 0 Å². The van der Waals surface area contributed by atoms with E-state index in [0.717, 1.165) is 0 Å². The summed E-state index contributed by atoms with van der Waals surface area (Å²) in [4.78, 5) is 7.81. The van der Waals surface area contributed by atoms with Crippen molar-refractivity contribution in [3.63, 3.8) is 0 Å². The standard InChI is InChI=1S/C16H12N2O3/c19-15-11-14(20-12-3-7-17-8-4-12)1-2-16(15)21-13-5-9-18-10-6-13/h1-11,19H. The molecule has 0 aliphatic heterocycles. The molecule has 5 nitrogen and oxygen atoms in total. The minimum absolute atomic E-state index is 0.00151. The van der Waals surface area contributed by atoms with Gasteiger partial charge in [0.05, 0.1) is 0 Å². The average Bonchev–Trinajstić information content (AvgIpc) is 2.52. The van der Waals surface area contributed by atoms with Gasteiger partial charge in [-0.15, -0.1) is 0 Å². The Balaban J connectivity index is 1.77. The summed E-state index contributed by atoms with van der Waals surface area (Å²) in [6.45, 7) is 0. The second-order valence-corrected chi connectivity index (χ2v) is 4.20. The zero-order valence-electron chi connectivity index (χ0n) is 11.0. The van der Waals surface area contributed by atoms with Crippen LogP contribution in [0.1, 0.15) is 0 Å². The molecule has 0 saturated carbocycles. The van der Waals surface area contributed by atoms with E-state index in [1.54, 1.807) is 61.2 Å². The Bertz CT molecular complexity index is 718. The van der Waals surface area contributed by atoms with Crippen LogP contribution in [-0.2, 0) is 0 Å². The normalized spacial score (nSPS) is 10.1. The number of nitrogens with zero attached hydrogens (tertiary/aromatic N) is 2. The molecule has 104 valence electrons. The molecule has 3 aromatic rings. The van der Waals surface area contributed by atoms with Crippen LogP contribution in [0.15, 0.2) is 67.3 Å². The third-order valence-electron chi connectivity index (χ3n) is 2.69. The van der Waals surface area contributed by atoms with E-state index in [2.05, 4.69) is 9.97 Å². The predicted molar refractivity (Wildman–Crippen MR) is 76.7 cm³/mol. The van der Waals surface area contributed by atoms with Crippen molar-refractivity contribution < 1.29 is 14.6 Å². The molecule has 2 heterocycles. The second-order valence-electron chi connectivity index (χ2n) is 4.20. The SMILES string of the molecule is Oc1cc(Oc2ccncc2)ccc1Oc1ccncc1. The number of hydrogen-bond acceptors (Lipinski definition) is 5. The van der Waals surface area contributed by atoms with E-state index in [1.165, 1.54) is 6.07 Å². The molecular formula is C16H12N2O3. The molecule has 0 saturated heterocycles. The molecular weight excluding hydrogens is 268 g/mol. The van der Waals surface area contributed by atoms with Crippen LogP contribution in [0.25, 0.3) is 0 Å². The van der Waals surface area contributed by atoms with Crippen molar-refractivity contribution in [1.29, 1.82) is 0 Å². The van der Waals surface area contributed by atoms with Crippen molar-refractivity contribution >= 4 is 0 Å². The summed E-state index contributed by atoms with van der Waals surface area (Å²) in [5, 5.41) is 10.00. The fourth-order valence-electron chi connectivity index (χ4n) is 1.72. The van der Waals surface area contributed by atoms with Gasteiger partial charge in [0.2, 0.25) is 0 Å². The van der Waals surface area contributed by atoms with E-state index >= 15 is 0 Å². The summed E-state index contributed by atoms with van der Waals surface area (Å²) in [6.07, 6.45) is 6.51. The first-order valence-corrected chi connectivity index (χ1v) is 6.30. The predicted octanol–water partition coefficient (Wildman–Crippen LogP) is 3.77. The molecule has 3 rings (SSSR count). The van der Waals surface area contributed by atoms with Gasteiger partial charge in [-0.1, -0.05) is 0 Å². The van der Waals surface area contributed by atoms with Crippen molar-refractivity contribution in [3.8, 4) is 28.7 Å². The van der Waals surface area contributed by atoms with Crippen molar-refractivity contribution in [2.24, 2.45) is 0 Å². The summed E-state index contributed by atoms with van der Waals surface area (Å²) in [6, 6.07) is 11.7. The van der Waals surface area contributed by atoms with Gasteiger partial charge < -0.3 is 14.6 Å². The minimum atomic E-state index is -0.00151. The molecule has 21 heavy (non-hydrogen) atoms. The summed E-state index contributed by atoms with van der Waals surface area (Å²) in [7, 11) is 0. The van der Waals surface area contributed by atoms with Crippen molar-refractivity contribution in [3.05, 3.63) is 67.3 Å². The Morgan fingerprint density at radius 2 is 1.24 bits per heavy atom. The monoisotopic (exact) mass is 280 g/mol. The number of hydrogen-bond donors (Lipinski definition) is 1. The number of ether oxygens (including phenoxy) is 2. The van der Waals surface area contributed by atoms with Crippen LogP contribution in [0.4, 0.5) is 0 Å². The molecule has 0 aliphatic rings. The average molecular weight is 280 g/mol. The molecule has 0 amide bonds. The third kappa shape index (κ3) is 3.27. The summed E-state index contributed by atoms with van der Waals surface area (Å²) >= 11 is 0. The number of aromatic nitrogens is 2. The smallest absolute Gasteiger partial charge is 0.169 e. The van der Waals surface area contributed by atoms with Crippen molar-refractivity contribution in [2.75, 3.05) is 0 Å². The van der Waals surface area contributed by atoms with E-state index in [9.17, 15) is 5.11 Å². The Morgan fingerprint density at radius 3 is 1.81 bits per heavy atom. The molecule has 0 unspecified atom stereocenters. The van der Waals surface area contributed by atoms with Crippen LogP contribution in [0, 0.1) is 0 Å². The lowest BCUT2D eigenvalue weighted by Crippen LogP contribution is -1.87. The van der Waals surface area contributed by atoms with Crippen molar-refractivity contribution in [2.45, 2.75) is 0 Å². The maximum atomic E-state index is 10.00. The van der Waals surface area contributed by atoms with E-state index in [1.807, 2.05) is 0 Å². The largest absolute Gasteiger partial charge is 0.504 e. The van der Waals surface area contributed by atoms with E-state index in [0.29, 0.717) is 23.0 Å². The fraction of sp³-hybridized carbons (Fsp3) is 0. The fourth-order valence-corrected chi connectivity index (χ4v) is 1.72. The molecule has 0 bridgehead atoms. The Labute approximate surface area is 121 Å². The zero-order valence-corrected chi connectivity index (χ0v) is 11.0. The number of aromatic hydroxyl groups is 1. The number of benzene rings is 1. The summed E-state index contributed by atoms with van der Waals surface area (Å²) in [5.74, 6) is 2.11. The molecule has 5 heteroatoms. The topological polar surface area (TPSA) is 64.5 Å². The molecule has 2 aromatic heterocycles. The van der Waals surface area contributed by atoms with Gasteiger partial charge >= 0.3 is 0 Å². The highest BCUT2D eigenvalue weighted by molar-refractivity contribution is 5.47. The third-order valence-corrected chi connectivity index (χ3v) is 2.69. The Kier molecular flexibility index (Phi) is 3.64. The van der Waals surface area contributed by atoms with Crippen LogP contribution in [0.3, 0.4) is 0 Å². The summed E-state index contributed by atoms with van der Waals surface area (Å²) < 4.78 is 11.2. The Morgan fingerprint density at radius 1 is 0.667 bits per heavy atom. The minimum Gasteiger partial charge on any atom is -0.504 e. The lowest BCUT2D eigenvalue weighted by Gasteiger charge is -2.10. The first-order valence-electron chi connectivity index (χ1n) is 6.30. The molecule has 1 aromatic carbocycles. The number of rotatable bonds is 4. The number of pyridine rings is 2. The first-order chi connectivity index (χ1) is 10.3. The highest BCUT2D eigenvalue weighted by atomic mass is 16.5. The molecule has 0 fully saturated rings. The van der Waals surface area contributed by atoms with Gasteiger partial charge in [-0.05, 0) is 36.4 Å². The molecule has 0 spiro atoms. The van der Waals surface area contributed by atoms with Crippen LogP contribution in [0.2, 0.25) is 0 Å². The van der Waals surface area contributed by atoms with E-state index in [4.69, 9.17) is 9.47 Å². The van der Waals surface area contributed by atoms with E-state index < -0.39 is 0 Å². The molecule has 0 atom stereocenters. The van der Waals surface area contributed by atoms with Crippen molar-refractivity contribution in [1.82, 2.24) is 9.97 Å². The second kappa shape index (κ2) is 5.92. The number of phenolic OH excluding ortho intramolecular Hbond substituents is 1. The van der Waals surface area contributed by atoms with Gasteiger partial charge in [-0.25, -0.2) is 0 Å². The maximum absolute atomic E-state index is 10.00. The van der Waals surface area contributed by atoms with Gasteiger partial charge in [0, 0.05) is 30.9 Å². The lowest BCUT2D eigenvalue weighted by atomic mass is 10.3. The highest BCUT2D eigenvalue weighted by Crippen LogP contribution is 2.34. The zero-order chi connectivity index (χ0) is 14.5. The van der Waals surface area contributed by atoms with Gasteiger partial charge in [0.25, 0.3) is 0 Å². The Hall–Kier alpha value is -3.08. The van der Waals surface area contributed by atoms with Gasteiger partial charge in [0.15, 0.2) is 11.5 Å². The lowest BCUT2D eigenvalue weighted by molar-refractivity contribution is 0.404.